The van der Waals surface area contributed by atoms with Gasteiger partial charge in [0.15, 0.2) is 5.54 Å². The van der Waals surface area contributed by atoms with Gasteiger partial charge >= 0.3 is 6.03 Å². The monoisotopic (exact) mass is 498 g/mol. The molecule has 0 atom stereocenters. The normalized spacial score (nSPS) is 17.5. The Morgan fingerprint density at radius 1 is 0.838 bits per heavy atom. The highest BCUT2D eigenvalue weighted by molar-refractivity contribution is 6.11. The SMILES string of the molecule is O=C(CN1C(=O)NC(c2ccccc2)(c2ccccc2)C1=O)NCc1ccccc1CN1CCOCC1. The highest BCUT2D eigenvalue weighted by Crippen LogP contribution is 2.35. The van der Waals surface area contributed by atoms with Gasteiger partial charge in [-0.05, 0) is 22.3 Å². The molecule has 2 fully saturated rings. The second-order valence-corrected chi connectivity index (χ2v) is 9.24. The molecule has 2 heterocycles. The Bertz CT molecular complexity index is 1220. The lowest BCUT2D eigenvalue weighted by Crippen LogP contribution is -2.46. The maximum absolute atomic E-state index is 13.8. The lowest BCUT2D eigenvalue weighted by molar-refractivity contribution is -0.134. The van der Waals surface area contributed by atoms with E-state index in [0.717, 1.165) is 48.9 Å². The standard InChI is InChI=1S/C29H30N4O4/c34-26(30-19-22-9-7-8-10-23(22)20-32-15-17-37-18-16-32)21-33-27(35)29(31-28(33)36,24-11-3-1-4-12-24)25-13-5-2-6-14-25/h1-14H,15-21H2,(H,30,34)(H,31,36). The first kappa shape index (κ1) is 24.7. The number of morpholine rings is 1. The summed E-state index contributed by atoms with van der Waals surface area (Å²) in [4.78, 5) is 43.1. The predicted molar refractivity (Wildman–Crippen MR) is 138 cm³/mol. The van der Waals surface area contributed by atoms with Gasteiger partial charge in [0.25, 0.3) is 5.91 Å². The third-order valence-corrected chi connectivity index (χ3v) is 6.91. The van der Waals surface area contributed by atoms with E-state index in [1.54, 1.807) is 24.3 Å². The van der Waals surface area contributed by atoms with Gasteiger partial charge in [-0.25, -0.2) is 4.79 Å². The van der Waals surface area contributed by atoms with Crippen molar-refractivity contribution in [3.63, 3.8) is 0 Å². The number of hydrogen-bond donors (Lipinski definition) is 2. The topological polar surface area (TPSA) is 91.0 Å². The Kier molecular flexibility index (Phi) is 7.30. The Morgan fingerprint density at radius 3 is 2.03 bits per heavy atom. The number of carbonyl (C=O) groups is 3. The van der Waals surface area contributed by atoms with Crippen LogP contribution in [0.5, 0.6) is 0 Å². The number of nitrogens with zero attached hydrogens (tertiary/aromatic N) is 2. The van der Waals surface area contributed by atoms with Crippen LogP contribution in [0.25, 0.3) is 0 Å². The van der Waals surface area contributed by atoms with Crippen molar-refractivity contribution < 1.29 is 19.1 Å². The molecule has 0 radical (unpaired) electrons. The van der Waals surface area contributed by atoms with E-state index in [1.165, 1.54) is 0 Å². The zero-order chi connectivity index (χ0) is 25.7. The van der Waals surface area contributed by atoms with Gasteiger partial charge in [-0.1, -0.05) is 84.9 Å². The molecule has 2 aliphatic heterocycles. The van der Waals surface area contributed by atoms with Crippen LogP contribution < -0.4 is 10.6 Å². The number of hydrogen-bond acceptors (Lipinski definition) is 5. The van der Waals surface area contributed by atoms with E-state index < -0.39 is 23.4 Å². The molecule has 190 valence electrons. The molecule has 0 saturated carbocycles. The zero-order valence-corrected chi connectivity index (χ0v) is 20.6. The molecule has 2 N–H and O–H groups in total. The number of amides is 4. The molecular formula is C29H30N4O4. The van der Waals surface area contributed by atoms with Crippen LogP contribution in [0.1, 0.15) is 22.3 Å². The van der Waals surface area contributed by atoms with Crippen molar-refractivity contribution in [3.8, 4) is 0 Å². The number of nitrogens with one attached hydrogen (secondary N) is 2. The average Bonchev–Trinajstić information content (AvgIpc) is 3.20. The lowest BCUT2D eigenvalue weighted by Gasteiger charge is -2.28. The minimum atomic E-state index is -1.38. The van der Waals surface area contributed by atoms with Crippen LogP contribution >= 0.6 is 0 Å². The van der Waals surface area contributed by atoms with Crippen molar-refractivity contribution in [3.05, 3.63) is 107 Å². The molecule has 4 amide bonds. The lowest BCUT2D eigenvalue weighted by atomic mass is 9.82. The van der Waals surface area contributed by atoms with Gasteiger partial charge in [0.1, 0.15) is 6.54 Å². The smallest absolute Gasteiger partial charge is 0.326 e. The summed E-state index contributed by atoms with van der Waals surface area (Å²) in [5.74, 6) is -0.876. The highest BCUT2D eigenvalue weighted by atomic mass is 16.5. The summed E-state index contributed by atoms with van der Waals surface area (Å²) in [5, 5.41) is 5.77. The van der Waals surface area contributed by atoms with E-state index in [2.05, 4.69) is 21.6 Å². The van der Waals surface area contributed by atoms with Crippen molar-refractivity contribution in [2.45, 2.75) is 18.6 Å². The van der Waals surface area contributed by atoms with Crippen molar-refractivity contribution in [2.24, 2.45) is 0 Å². The van der Waals surface area contributed by atoms with Crippen molar-refractivity contribution in [1.29, 1.82) is 0 Å². The van der Waals surface area contributed by atoms with E-state index >= 15 is 0 Å². The van der Waals surface area contributed by atoms with Crippen molar-refractivity contribution in [1.82, 2.24) is 20.4 Å². The summed E-state index contributed by atoms with van der Waals surface area (Å²) in [6.07, 6.45) is 0. The Hall–Kier alpha value is -4.01. The molecule has 0 unspecified atom stereocenters. The minimum absolute atomic E-state index is 0.311. The molecule has 0 spiro atoms. The molecule has 2 saturated heterocycles. The molecule has 8 nitrogen and oxygen atoms in total. The number of ether oxygens (including phenoxy) is 1. The second kappa shape index (κ2) is 10.9. The number of benzene rings is 3. The Balaban J connectivity index is 1.29. The van der Waals surface area contributed by atoms with Gasteiger partial charge in [0.05, 0.1) is 13.2 Å². The third-order valence-electron chi connectivity index (χ3n) is 6.91. The molecule has 3 aromatic carbocycles. The van der Waals surface area contributed by atoms with E-state index in [0.29, 0.717) is 17.7 Å². The molecule has 3 aromatic rings. The second-order valence-electron chi connectivity index (χ2n) is 9.24. The van der Waals surface area contributed by atoms with Crippen LogP contribution in [-0.2, 0) is 33.0 Å². The van der Waals surface area contributed by atoms with Crippen LogP contribution in [0.15, 0.2) is 84.9 Å². The van der Waals surface area contributed by atoms with Crippen LogP contribution in [0.3, 0.4) is 0 Å². The summed E-state index contributed by atoms with van der Waals surface area (Å²) in [6.45, 7) is 3.91. The van der Waals surface area contributed by atoms with Gasteiger partial charge in [-0.2, -0.15) is 0 Å². The first-order chi connectivity index (χ1) is 18.1. The molecular weight excluding hydrogens is 468 g/mol. The van der Waals surface area contributed by atoms with Crippen LogP contribution in [0, 0.1) is 0 Å². The average molecular weight is 499 g/mol. The van der Waals surface area contributed by atoms with Crippen LogP contribution in [0.4, 0.5) is 4.79 Å². The molecule has 37 heavy (non-hydrogen) atoms. The molecule has 8 heteroatoms. The fourth-order valence-corrected chi connectivity index (χ4v) is 4.93. The largest absolute Gasteiger partial charge is 0.379 e. The molecule has 0 aliphatic carbocycles. The number of carbonyl (C=O) groups excluding carboxylic acids is 3. The summed E-state index contributed by atoms with van der Waals surface area (Å²) in [7, 11) is 0. The highest BCUT2D eigenvalue weighted by Gasteiger charge is 2.54. The minimum Gasteiger partial charge on any atom is -0.379 e. The quantitative estimate of drug-likeness (QED) is 0.466. The molecule has 5 rings (SSSR count). The number of rotatable bonds is 8. The summed E-state index contributed by atoms with van der Waals surface area (Å²) < 4.78 is 5.43. The Labute approximate surface area is 216 Å². The van der Waals surface area contributed by atoms with Crippen molar-refractivity contribution >= 4 is 17.8 Å². The maximum Gasteiger partial charge on any atom is 0.326 e. The number of urea groups is 1. The third kappa shape index (κ3) is 5.12. The van der Waals surface area contributed by atoms with Gasteiger partial charge in [-0.15, -0.1) is 0 Å². The maximum atomic E-state index is 13.8. The molecule has 0 aromatic heterocycles. The Morgan fingerprint density at radius 2 is 1.41 bits per heavy atom. The van der Waals surface area contributed by atoms with E-state index in [9.17, 15) is 14.4 Å². The van der Waals surface area contributed by atoms with Crippen LogP contribution in [0.2, 0.25) is 0 Å². The predicted octanol–water partition coefficient (Wildman–Crippen LogP) is 2.63. The van der Waals surface area contributed by atoms with Gasteiger partial charge in [-0.3, -0.25) is 19.4 Å². The van der Waals surface area contributed by atoms with Gasteiger partial charge < -0.3 is 15.4 Å². The van der Waals surface area contributed by atoms with E-state index in [-0.39, 0.29) is 6.54 Å². The summed E-state index contributed by atoms with van der Waals surface area (Å²) in [6, 6.07) is 25.6. The van der Waals surface area contributed by atoms with E-state index in [4.69, 9.17) is 4.74 Å². The first-order valence-corrected chi connectivity index (χ1v) is 12.5. The van der Waals surface area contributed by atoms with E-state index in [1.807, 2.05) is 54.6 Å². The van der Waals surface area contributed by atoms with Crippen LogP contribution in [-0.4, -0.2) is 60.5 Å². The van der Waals surface area contributed by atoms with Gasteiger partial charge in [0.2, 0.25) is 5.91 Å². The zero-order valence-electron chi connectivity index (χ0n) is 20.6. The fourth-order valence-electron chi connectivity index (χ4n) is 4.93. The van der Waals surface area contributed by atoms with Crippen molar-refractivity contribution in [2.75, 3.05) is 32.8 Å². The van der Waals surface area contributed by atoms with Gasteiger partial charge in [0, 0.05) is 26.2 Å². The first-order valence-electron chi connectivity index (χ1n) is 12.5. The summed E-state index contributed by atoms with van der Waals surface area (Å²) >= 11 is 0. The number of imide groups is 1. The molecule has 0 bridgehead atoms. The summed E-state index contributed by atoms with van der Waals surface area (Å²) in [5.41, 5.74) is 2.03. The molecule has 2 aliphatic rings. The fraction of sp³-hybridized carbons (Fsp3) is 0.276.